The molecule has 2 aromatic rings. The van der Waals surface area contributed by atoms with Crippen LogP contribution in [0.25, 0.3) is 0 Å². The fourth-order valence-corrected chi connectivity index (χ4v) is 3.38. The highest BCUT2D eigenvalue weighted by atomic mass is 16.1. The highest BCUT2D eigenvalue weighted by Gasteiger charge is 2.13. The Bertz CT molecular complexity index is 798. The smallest absolute Gasteiger partial charge is 0.254 e. The van der Waals surface area contributed by atoms with E-state index in [0.717, 1.165) is 18.7 Å². The maximum absolute atomic E-state index is 12.3. The lowest BCUT2D eigenvalue weighted by molar-refractivity contribution is 0.0953. The van der Waals surface area contributed by atoms with Crippen molar-refractivity contribution in [2.75, 3.05) is 18.0 Å². The summed E-state index contributed by atoms with van der Waals surface area (Å²) < 4.78 is 0. The summed E-state index contributed by atoms with van der Waals surface area (Å²) in [6, 6.07) is 8.24. The first-order valence-electron chi connectivity index (χ1n) is 9.79. The lowest BCUT2D eigenvalue weighted by Gasteiger charge is -2.21. The molecule has 1 aromatic carbocycles. The number of hydrogen-bond acceptors (Lipinski definition) is 4. The minimum Gasteiger partial charge on any atom is -0.352 e. The largest absolute Gasteiger partial charge is 0.352 e. The molecule has 0 radical (unpaired) electrons. The van der Waals surface area contributed by atoms with Crippen LogP contribution in [0.4, 0.5) is 11.6 Å². The SMILES string of the molecule is CCN(c1cccc(C)c1)c1ncc(C(=O)NCCC2=CCCCC2)cn1. The molecule has 1 heterocycles. The van der Waals surface area contributed by atoms with Gasteiger partial charge in [0.1, 0.15) is 0 Å². The summed E-state index contributed by atoms with van der Waals surface area (Å²) in [5.74, 6) is 0.489. The molecule has 1 amide bonds. The second kappa shape index (κ2) is 9.31. The number of aryl methyl sites for hydroxylation is 1. The molecule has 0 spiro atoms. The molecule has 5 heteroatoms. The van der Waals surface area contributed by atoms with Crippen LogP contribution in [0.5, 0.6) is 0 Å². The number of rotatable bonds is 7. The summed E-state index contributed by atoms with van der Waals surface area (Å²) in [6.45, 7) is 5.54. The average molecular weight is 364 g/mol. The van der Waals surface area contributed by atoms with Gasteiger partial charge in [0.25, 0.3) is 5.91 Å². The first kappa shape index (κ1) is 19.1. The number of carbonyl (C=O) groups excluding carboxylic acids is 1. The fourth-order valence-electron chi connectivity index (χ4n) is 3.38. The maximum Gasteiger partial charge on any atom is 0.254 e. The number of nitrogens with one attached hydrogen (secondary N) is 1. The van der Waals surface area contributed by atoms with Gasteiger partial charge in [0, 0.05) is 31.2 Å². The minimum atomic E-state index is -0.114. The number of benzene rings is 1. The number of hydrogen-bond donors (Lipinski definition) is 1. The van der Waals surface area contributed by atoms with Gasteiger partial charge in [0.05, 0.1) is 5.56 Å². The lowest BCUT2D eigenvalue weighted by atomic mass is 9.97. The van der Waals surface area contributed by atoms with Gasteiger partial charge in [0.15, 0.2) is 0 Å². The predicted octanol–water partition coefficient (Wildman–Crippen LogP) is 4.56. The van der Waals surface area contributed by atoms with Crippen molar-refractivity contribution in [1.82, 2.24) is 15.3 Å². The molecule has 27 heavy (non-hydrogen) atoms. The van der Waals surface area contributed by atoms with Crippen molar-refractivity contribution in [2.24, 2.45) is 0 Å². The number of anilines is 2. The molecule has 5 nitrogen and oxygen atoms in total. The van der Waals surface area contributed by atoms with E-state index in [0.29, 0.717) is 18.1 Å². The Morgan fingerprint density at radius 1 is 1.22 bits per heavy atom. The molecular weight excluding hydrogens is 336 g/mol. The topological polar surface area (TPSA) is 58.1 Å². The van der Waals surface area contributed by atoms with Crippen molar-refractivity contribution in [2.45, 2.75) is 46.0 Å². The zero-order valence-electron chi connectivity index (χ0n) is 16.2. The van der Waals surface area contributed by atoms with Crippen LogP contribution in [-0.4, -0.2) is 29.0 Å². The summed E-state index contributed by atoms with van der Waals surface area (Å²) >= 11 is 0. The Kier molecular flexibility index (Phi) is 6.58. The number of nitrogens with zero attached hydrogens (tertiary/aromatic N) is 3. The van der Waals surface area contributed by atoms with Gasteiger partial charge < -0.3 is 10.2 Å². The van der Waals surface area contributed by atoms with Crippen molar-refractivity contribution in [3.63, 3.8) is 0 Å². The van der Waals surface area contributed by atoms with E-state index >= 15 is 0 Å². The highest BCUT2D eigenvalue weighted by Crippen LogP contribution is 2.22. The number of aromatic nitrogens is 2. The van der Waals surface area contributed by atoms with Crippen molar-refractivity contribution in [3.05, 3.63) is 59.4 Å². The summed E-state index contributed by atoms with van der Waals surface area (Å²) in [7, 11) is 0. The molecule has 1 aliphatic carbocycles. The quantitative estimate of drug-likeness (QED) is 0.732. The third kappa shape index (κ3) is 5.16. The molecule has 1 aromatic heterocycles. The zero-order valence-corrected chi connectivity index (χ0v) is 16.2. The van der Waals surface area contributed by atoms with E-state index < -0.39 is 0 Å². The Morgan fingerprint density at radius 2 is 2.04 bits per heavy atom. The van der Waals surface area contributed by atoms with E-state index in [-0.39, 0.29) is 5.91 Å². The molecule has 3 rings (SSSR count). The zero-order chi connectivity index (χ0) is 19.1. The van der Waals surface area contributed by atoms with E-state index in [9.17, 15) is 4.79 Å². The van der Waals surface area contributed by atoms with Gasteiger partial charge in [-0.05, 0) is 63.6 Å². The van der Waals surface area contributed by atoms with Crippen molar-refractivity contribution < 1.29 is 4.79 Å². The van der Waals surface area contributed by atoms with Gasteiger partial charge in [-0.3, -0.25) is 4.79 Å². The fraction of sp³-hybridized carbons (Fsp3) is 0.409. The summed E-state index contributed by atoms with van der Waals surface area (Å²) in [4.78, 5) is 23.2. The van der Waals surface area contributed by atoms with Crippen molar-refractivity contribution >= 4 is 17.5 Å². The van der Waals surface area contributed by atoms with Crippen LogP contribution in [-0.2, 0) is 0 Å². The predicted molar refractivity (Wildman–Crippen MR) is 109 cm³/mol. The van der Waals surface area contributed by atoms with Crippen molar-refractivity contribution in [3.8, 4) is 0 Å². The molecule has 0 unspecified atom stereocenters. The summed E-state index contributed by atoms with van der Waals surface area (Å²) in [5.41, 5.74) is 4.20. The standard InChI is InChI=1S/C22H28N4O/c1-3-26(20-11-7-8-17(2)14-20)22-24-15-19(16-25-22)21(27)23-13-12-18-9-5-4-6-10-18/h7-9,11,14-16H,3-6,10,12-13H2,1-2H3,(H,23,27). The Morgan fingerprint density at radius 3 is 2.70 bits per heavy atom. The molecule has 0 saturated carbocycles. The van der Waals surface area contributed by atoms with E-state index in [1.54, 1.807) is 12.4 Å². The Balaban J connectivity index is 1.60. The number of amides is 1. The maximum atomic E-state index is 12.3. The molecular formula is C22H28N4O. The Hall–Kier alpha value is -2.69. The molecule has 0 atom stereocenters. The molecule has 0 aliphatic heterocycles. The molecule has 1 N–H and O–H groups in total. The number of carbonyl (C=O) groups is 1. The van der Waals surface area contributed by atoms with Gasteiger partial charge in [0.2, 0.25) is 5.95 Å². The van der Waals surface area contributed by atoms with E-state index in [1.807, 2.05) is 17.0 Å². The van der Waals surface area contributed by atoms with Crippen LogP contribution in [0.1, 0.15) is 54.9 Å². The van der Waals surface area contributed by atoms with Crippen LogP contribution in [0, 0.1) is 6.92 Å². The summed E-state index contributed by atoms with van der Waals surface area (Å²) in [5, 5.41) is 2.97. The first-order valence-corrected chi connectivity index (χ1v) is 9.79. The van der Waals surface area contributed by atoms with Crippen LogP contribution < -0.4 is 10.2 Å². The van der Waals surface area contributed by atoms with Crippen LogP contribution in [0.15, 0.2) is 48.3 Å². The van der Waals surface area contributed by atoms with Crippen LogP contribution in [0.3, 0.4) is 0 Å². The molecule has 0 fully saturated rings. The van der Waals surface area contributed by atoms with Gasteiger partial charge in [-0.1, -0.05) is 23.8 Å². The lowest BCUT2D eigenvalue weighted by Crippen LogP contribution is -2.26. The Labute approximate surface area is 161 Å². The molecule has 142 valence electrons. The minimum absolute atomic E-state index is 0.114. The first-order chi connectivity index (χ1) is 13.2. The van der Waals surface area contributed by atoms with E-state index in [1.165, 1.54) is 36.8 Å². The van der Waals surface area contributed by atoms with E-state index in [4.69, 9.17) is 0 Å². The van der Waals surface area contributed by atoms with Crippen molar-refractivity contribution in [1.29, 1.82) is 0 Å². The monoisotopic (exact) mass is 364 g/mol. The molecule has 0 bridgehead atoms. The second-order valence-electron chi connectivity index (χ2n) is 6.97. The van der Waals surface area contributed by atoms with E-state index in [2.05, 4.69) is 47.3 Å². The van der Waals surface area contributed by atoms with Crippen LogP contribution >= 0.6 is 0 Å². The number of allylic oxidation sites excluding steroid dienone is 1. The normalized spacial score (nSPS) is 13.8. The molecule has 0 saturated heterocycles. The second-order valence-corrected chi connectivity index (χ2v) is 6.97. The van der Waals surface area contributed by atoms with Gasteiger partial charge >= 0.3 is 0 Å². The van der Waals surface area contributed by atoms with Gasteiger partial charge in [-0.2, -0.15) is 0 Å². The molecule has 1 aliphatic rings. The van der Waals surface area contributed by atoms with Gasteiger partial charge in [-0.25, -0.2) is 9.97 Å². The highest BCUT2D eigenvalue weighted by molar-refractivity contribution is 5.93. The average Bonchev–Trinajstić information content (AvgIpc) is 2.70. The van der Waals surface area contributed by atoms with Gasteiger partial charge in [-0.15, -0.1) is 0 Å². The third-order valence-electron chi connectivity index (χ3n) is 4.89. The third-order valence-corrected chi connectivity index (χ3v) is 4.89. The van der Waals surface area contributed by atoms with Crippen LogP contribution in [0.2, 0.25) is 0 Å². The summed E-state index contributed by atoms with van der Waals surface area (Å²) in [6.07, 6.45) is 11.4.